The van der Waals surface area contributed by atoms with Crippen LogP contribution in [-0.4, -0.2) is 21.5 Å². The minimum absolute atomic E-state index is 0.0889. The minimum atomic E-state index is -4.31. The van der Waals surface area contributed by atoms with E-state index in [0.717, 1.165) is 23.4 Å². The molecule has 21 heavy (non-hydrogen) atoms. The zero-order chi connectivity index (χ0) is 15.5. The summed E-state index contributed by atoms with van der Waals surface area (Å²) in [7, 11) is 1.77. The maximum atomic E-state index is 12.6. The Morgan fingerprint density at radius 2 is 1.90 bits per heavy atom. The van der Waals surface area contributed by atoms with Crippen molar-refractivity contribution in [2.24, 2.45) is 7.05 Å². The second-order valence-corrected chi connectivity index (χ2v) is 4.82. The number of halogens is 3. The summed E-state index contributed by atoms with van der Waals surface area (Å²) >= 11 is 0. The van der Waals surface area contributed by atoms with Gasteiger partial charge in [0, 0.05) is 25.7 Å². The van der Waals surface area contributed by atoms with Crippen LogP contribution < -0.4 is 5.32 Å². The molecule has 0 aliphatic rings. The molecule has 0 aliphatic heterocycles. The number of alkyl halides is 3. The highest BCUT2D eigenvalue weighted by Crippen LogP contribution is 2.30. The average Bonchev–Trinajstić information content (AvgIpc) is 2.83. The minimum Gasteiger partial charge on any atom is -0.310 e. The molecule has 114 valence electrons. The molecule has 4 nitrogen and oxygen atoms in total. The molecule has 0 fully saturated rings. The summed E-state index contributed by atoms with van der Waals surface area (Å²) in [5.74, 6) is 0. The summed E-state index contributed by atoms with van der Waals surface area (Å²) < 4.78 is 39.3. The third-order valence-electron chi connectivity index (χ3n) is 3.15. The largest absolute Gasteiger partial charge is 0.416 e. The van der Waals surface area contributed by atoms with Gasteiger partial charge in [-0.1, -0.05) is 24.3 Å². The van der Waals surface area contributed by atoms with Crippen LogP contribution in [0.2, 0.25) is 0 Å². The number of nitrogens with zero attached hydrogens (tertiary/aromatic N) is 3. The van der Waals surface area contributed by atoms with Crippen molar-refractivity contribution in [2.75, 3.05) is 6.54 Å². The number of rotatable bonds is 5. The van der Waals surface area contributed by atoms with Gasteiger partial charge in [-0.25, -0.2) is 0 Å². The summed E-state index contributed by atoms with van der Waals surface area (Å²) in [6.45, 7) is 2.67. The van der Waals surface area contributed by atoms with Gasteiger partial charge in [0.15, 0.2) is 0 Å². The molecule has 0 aliphatic carbocycles. The zero-order valence-electron chi connectivity index (χ0n) is 11.9. The molecule has 0 amide bonds. The van der Waals surface area contributed by atoms with Gasteiger partial charge in [0.1, 0.15) is 0 Å². The predicted molar refractivity (Wildman–Crippen MR) is 72.6 cm³/mol. The fourth-order valence-corrected chi connectivity index (χ4v) is 2.16. The molecule has 1 aromatic heterocycles. The van der Waals surface area contributed by atoms with Gasteiger partial charge in [-0.2, -0.15) is 13.2 Å². The Hall–Kier alpha value is -1.89. The average molecular weight is 298 g/mol. The first kappa shape index (κ1) is 15.5. The highest BCUT2D eigenvalue weighted by Gasteiger charge is 2.30. The van der Waals surface area contributed by atoms with Gasteiger partial charge in [0.2, 0.25) is 0 Å². The van der Waals surface area contributed by atoms with E-state index < -0.39 is 11.7 Å². The molecule has 0 bridgehead atoms. The number of hydrogen-bond donors (Lipinski definition) is 1. The fraction of sp³-hybridized carbons (Fsp3) is 0.429. The Morgan fingerprint density at radius 3 is 2.38 bits per heavy atom. The topological polar surface area (TPSA) is 42.7 Å². The lowest BCUT2D eigenvalue weighted by atomic mass is 10.0. The molecular formula is C14H17F3N4. The van der Waals surface area contributed by atoms with Crippen LogP contribution in [0.5, 0.6) is 0 Å². The summed E-state index contributed by atoms with van der Waals surface area (Å²) in [6, 6.07) is 5.14. The van der Waals surface area contributed by atoms with Crippen LogP contribution >= 0.6 is 0 Å². The van der Waals surface area contributed by atoms with Crippen LogP contribution in [0.1, 0.15) is 29.8 Å². The second kappa shape index (κ2) is 6.26. The second-order valence-electron chi connectivity index (χ2n) is 4.82. The number of aromatic nitrogens is 3. The van der Waals surface area contributed by atoms with Gasteiger partial charge >= 0.3 is 6.18 Å². The standard InChI is InChI=1S/C14H17F3N4/c1-3-18-13(8-12-9-21(2)20-19-12)10-4-6-11(7-5-10)14(15,16)17/h4-7,9,13,18H,3,8H2,1-2H3. The first-order valence-electron chi connectivity index (χ1n) is 6.66. The van der Waals surface area contributed by atoms with Crippen molar-refractivity contribution in [1.82, 2.24) is 20.3 Å². The molecule has 1 unspecified atom stereocenters. The van der Waals surface area contributed by atoms with E-state index in [4.69, 9.17) is 0 Å². The number of benzene rings is 1. The number of hydrogen-bond acceptors (Lipinski definition) is 3. The zero-order valence-corrected chi connectivity index (χ0v) is 11.9. The smallest absolute Gasteiger partial charge is 0.310 e. The van der Waals surface area contributed by atoms with Crippen LogP contribution in [0.25, 0.3) is 0 Å². The summed E-state index contributed by atoms with van der Waals surface area (Å²) in [5, 5.41) is 11.1. The van der Waals surface area contributed by atoms with Crippen LogP contribution in [0.3, 0.4) is 0 Å². The van der Waals surface area contributed by atoms with Crippen LogP contribution in [-0.2, 0) is 19.6 Å². The van der Waals surface area contributed by atoms with E-state index in [2.05, 4.69) is 15.6 Å². The Kier molecular flexibility index (Phi) is 4.62. The third-order valence-corrected chi connectivity index (χ3v) is 3.15. The van der Waals surface area contributed by atoms with Crippen LogP contribution in [0, 0.1) is 0 Å². The monoisotopic (exact) mass is 298 g/mol. The molecule has 0 spiro atoms. The third kappa shape index (κ3) is 4.04. The van der Waals surface area contributed by atoms with Gasteiger partial charge in [-0.05, 0) is 24.2 Å². The molecule has 1 atom stereocenters. The van der Waals surface area contributed by atoms with Crippen molar-refractivity contribution in [3.63, 3.8) is 0 Å². The lowest BCUT2D eigenvalue weighted by molar-refractivity contribution is -0.137. The van der Waals surface area contributed by atoms with Gasteiger partial charge in [0.25, 0.3) is 0 Å². The van der Waals surface area contributed by atoms with E-state index in [1.807, 2.05) is 6.92 Å². The van der Waals surface area contributed by atoms with Crippen molar-refractivity contribution in [3.8, 4) is 0 Å². The molecule has 1 heterocycles. The van der Waals surface area contributed by atoms with Crippen molar-refractivity contribution in [2.45, 2.75) is 25.6 Å². The molecule has 0 saturated carbocycles. The Labute approximate surface area is 121 Å². The first-order chi connectivity index (χ1) is 9.90. The van der Waals surface area contributed by atoms with Gasteiger partial charge in [0.05, 0.1) is 11.3 Å². The number of nitrogens with one attached hydrogen (secondary N) is 1. The van der Waals surface area contributed by atoms with Crippen LogP contribution in [0.4, 0.5) is 13.2 Å². The molecule has 2 rings (SSSR count). The number of aryl methyl sites for hydroxylation is 1. The Morgan fingerprint density at radius 1 is 1.24 bits per heavy atom. The number of likely N-dealkylation sites (N-methyl/N-ethyl adjacent to an activating group) is 1. The predicted octanol–water partition coefficient (Wildman–Crippen LogP) is 2.73. The first-order valence-corrected chi connectivity index (χ1v) is 6.66. The summed E-state index contributed by atoms with van der Waals surface area (Å²) in [6.07, 6.45) is -1.93. The van der Waals surface area contributed by atoms with Gasteiger partial charge in [-0.3, -0.25) is 4.68 Å². The maximum Gasteiger partial charge on any atom is 0.416 e. The lowest BCUT2D eigenvalue weighted by Crippen LogP contribution is -2.23. The van der Waals surface area contributed by atoms with Gasteiger partial charge < -0.3 is 5.32 Å². The molecule has 0 radical (unpaired) electrons. The summed E-state index contributed by atoms with van der Waals surface area (Å²) in [4.78, 5) is 0. The van der Waals surface area contributed by atoms with Crippen molar-refractivity contribution >= 4 is 0 Å². The summed E-state index contributed by atoms with van der Waals surface area (Å²) in [5.41, 5.74) is 0.958. The molecular weight excluding hydrogens is 281 g/mol. The highest BCUT2D eigenvalue weighted by atomic mass is 19.4. The quantitative estimate of drug-likeness (QED) is 0.923. The van der Waals surface area contributed by atoms with E-state index in [9.17, 15) is 13.2 Å². The molecule has 1 N–H and O–H groups in total. The molecule has 2 aromatic rings. The van der Waals surface area contributed by atoms with Gasteiger partial charge in [-0.15, -0.1) is 5.10 Å². The van der Waals surface area contributed by atoms with Crippen molar-refractivity contribution in [3.05, 3.63) is 47.3 Å². The van der Waals surface area contributed by atoms with E-state index in [-0.39, 0.29) is 6.04 Å². The Bertz CT molecular complexity index is 575. The molecule has 7 heteroatoms. The highest BCUT2D eigenvalue weighted by molar-refractivity contribution is 5.27. The lowest BCUT2D eigenvalue weighted by Gasteiger charge is -2.18. The van der Waals surface area contributed by atoms with Crippen molar-refractivity contribution in [1.29, 1.82) is 0 Å². The van der Waals surface area contributed by atoms with E-state index in [1.54, 1.807) is 17.9 Å². The molecule has 1 aromatic carbocycles. The van der Waals surface area contributed by atoms with E-state index in [1.165, 1.54) is 12.1 Å². The van der Waals surface area contributed by atoms with Crippen molar-refractivity contribution < 1.29 is 13.2 Å². The Balaban J connectivity index is 2.17. The molecule has 0 saturated heterocycles. The van der Waals surface area contributed by atoms with E-state index in [0.29, 0.717) is 13.0 Å². The maximum absolute atomic E-state index is 12.6. The normalized spacial score (nSPS) is 13.4. The van der Waals surface area contributed by atoms with E-state index >= 15 is 0 Å². The SMILES string of the molecule is CCNC(Cc1cn(C)nn1)c1ccc(C(F)(F)F)cc1. The van der Waals surface area contributed by atoms with Crippen LogP contribution in [0.15, 0.2) is 30.5 Å². The fourth-order valence-electron chi connectivity index (χ4n) is 2.16.